The lowest BCUT2D eigenvalue weighted by Gasteiger charge is -2.04. The Morgan fingerprint density at radius 3 is 2.71 bits per heavy atom. The van der Waals surface area contributed by atoms with Gasteiger partial charge in [0.25, 0.3) is 0 Å². The standard InChI is InChI=1S/C13H13O/c1-14-10-9-12-7-4-6-11-5-2-3-8-13(11)12/h2-8,10H,9H2,1H3. The highest BCUT2D eigenvalue weighted by Gasteiger charge is 1.99. The van der Waals surface area contributed by atoms with Crippen LogP contribution in [-0.4, -0.2) is 7.11 Å². The van der Waals surface area contributed by atoms with Crippen LogP contribution in [0, 0.1) is 6.61 Å². The summed E-state index contributed by atoms with van der Waals surface area (Å²) >= 11 is 0. The van der Waals surface area contributed by atoms with Crippen molar-refractivity contribution in [2.75, 3.05) is 7.11 Å². The van der Waals surface area contributed by atoms with Gasteiger partial charge in [0.15, 0.2) is 0 Å². The molecule has 0 N–H and O–H groups in total. The Morgan fingerprint density at radius 1 is 1.07 bits per heavy atom. The zero-order valence-electron chi connectivity index (χ0n) is 8.23. The molecule has 2 aromatic rings. The van der Waals surface area contributed by atoms with Crippen LogP contribution >= 0.6 is 0 Å². The van der Waals surface area contributed by atoms with Crippen LogP contribution in [0.25, 0.3) is 10.8 Å². The molecule has 14 heavy (non-hydrogen) atoms. The molecule has 0 aliphatic rings. The Labute approximate surface area is 84.3 Å². The number of ether oxygens (including phenoxy) is 1. The molecule has 0 unspecified atom stereocenters. The van der Waals surface area contributed by atoms with Crippen molar-refractivity contribution in [3.05, 3.63) is 54.6 Å². The molecule has 0 bridgehead atoms. The van der Waals surface area contributed by atoms with E-state index in [0.29, 0.717) is 0 Å². The van der Waals surface area contributed by atoms with E-state index in [1.807, 2.05) is 6.61 Å². The monoisotopic (exact) mass is 185 g/mol. The molecule has 1 radical (unpaired) electrons. The summed E-state index contributed by atoms with van der Waals surface area (Å²) in [6.45, 7) is 1.82. The average molecular weight is 185 g/mol. The van der Waals surface area contributed by atoms with Gasteiger partial charge in [-0.15, -0.1) is 0 Å². The van der Waals surface area contributed by atoms with Crippen molar-refractivity contribution in [3.8, 4) is 0 Å². The largest absolute Gasteiger partial charge is 0.378 e. The van der Waals surface area contributed by atoms with E-state index in [0.717, 1.165) is 6.42 Å². The van der Waals surface area contributed by atoms with Gasteiger partial charge in [0.2, 0.25) is 0 Å². The number of rotatable bonds is 3. The molecule has 2 rings (SSSR count). The van der Waals surface area contributed by atoms with Gasteiger partial charge in [-0.2, -0.15) is 0 Å². The molecule has 0 atom stereocenters. The molecule has 0 spiro atoms. The van der Waals surface area contributed by atoms with Crippen LogP contribution in [0.5, 0.6) is 0 Å². The minimum absolute atomic E-state index is 0.859. The van der Waals surface area contributed by atoms with Gasteiger partial charge in [0.05, 0.1) is 6.61 Å². The third-order valence-corrected chi connectivity index (χ3v) is 2.35. The average Bonchev–Trinajstić information content (AvgIpc) is 2.26. The van der Waals surface area contributed by atoms with E-state index in [4.69, 9.17) is 4.74 Å². The van der Waals surface area contributed by atoms with Crippen LogP contribution in [-0.2, 0) is 11.2 Å². The summed E-state index contributed by atoms with van der Waals surface area (Å²) in [7, 11) is 1.69. The van der Waals surface area contributed by atoms with Gasteiger partial charge in [-0.05, 0) is 16.3 Å². The van der Waals surface area contributed by atoms with E-state index >= 15 is 0 Å². The number of fused-ring (bicyclic) bond motifs is 1. The van der Waals surface area contributed by atoms with Gasteiger partial charge >= 0.3 is 0 Å². The zero-order valence-corrected chi connectivity index (χ0v) is 8.23. The van der Waals surface area contributed by atoms with Gasteiger partial charge in [0, 0.05) is 13.5 Å². The normalized spacial score (nSPS) is 10.6. The van der Waals surface area contributed by atoms with Crippen LogP contribution in [0.4, 0.5) is 0 Å². The quantitative estimate of drug-likeness (QED) is 0.713. The Kier molecular flexibility index (Phi) is 2.80. The van der Waals surface area contributed by atoms with Crippen molar-refractivity contribution in [2.45, 2.75) is 6.42 Å². The predicted molar refractivity (Wildman–Crippen MR) is 59.0 cm³/mol. The fourth-order valence-corrected chi connectivity index (χ4v) is 1.64. The lowest BCUT2D eigenvalue weighted by Crippen LogP contribution is -1.89. The molecule has 1 nitrogen and oxygen atoms in total. The van der Waals surface area contributed by atoms with Crippen molar-refractivity contribution in [1.82, 2.24) is 0 Å². The van der Waals surface area contributed by atoms with Crippen molar-refractivity contribution in [3.63, 3.8) is 0 Å². The van der Waals surface area contributed by atoms with Crippen LogP contribution in [0.15, 0.2) is 42.5 Å². The highest BCUT2D eigenvalue weighted by Crippen LogP contribution is 2.19. The Hall–Kier alpha value is -1.34. The van der Waals surface area contributed by atoms with Gasteiger partial charge in [-0.1, -0.05) is 42.5 Å². The molecular weight excluding hydrogens is 172 g/mol. The van der Waals surface area contributed by atoms with E-state index < -0.39 is 0 Å². The summed E-state index contributed by atoms with van der Waals surface area (Å²) in [5.74, 6) is 0. The Balaban J connectivity index is 2.43. The van der Waals surface area contributed by atoms with Crippen molar-refractivity contribution in [1.29, 1.82) is 0 Å². The van der Waals surface area contributed by atoms with Crippen LogP contribution in [0.3, 0.4) is 0 Å². The SMILES string of the molecule is CO[CH]Cc1cccc2ccccc12. The maximum atomic E-state index is 4.97. The molecule has 0 aromatic heterocycles. The van der Waals surface area contributed by atoms with E-state index in [2.05, 4.69) is 42.5 Å². The maximum Gasteiger partial charge on any atom is 0.0876 e. The van der Waals surface area contributed by atoms with E-state index in [1.54, 1.807) is 7.11 Å². The summed E-state index contributed by atoms with van der Waals surface area (Å²) in [5.41, 5.74) is 1.31. The molecule has 0 saturated carbocycles. The first-order valence-electron chi connectivity index (χ1n) is 4.73. The van der Waals surface area contributed by atoms with E-state index in [9.17, 15) is 0 Å². The second kappa shape index (κ2) is 4.25. The third kappa shape index (κ3) is 1.78. The summed E-state index contributed by atoms with van der Waals surface area (Å²) in [5, 5.41) is 2.60. The molecule has 71 valence electrons. The van der Waals surface area contributed by atoms with E-state index in [1.165, 1.54) is 16.3 Å². The molecule has 0 amide bonds. The summed E-state index contributed by atoms with van der Waals surface area (Å²) < 4.78 is 4.97. The maximum absolute atomic E-state index is 4.97. The lowest BCUT2D eigenvalue weighted by atomic mass is 10.0. The first-order chi connectivity index (χ1) is 6.92. The topological polar surface area (TPSA) is 9.23 Å². The molecule has 0 fully saturated rings. The van der Waals surface area contributed by atoms with Crippen LogP contribution in [0.1, 0.15) is 5.56 Å². The van der Waals surface area contributed by atoms with Gasteiger partial charge < -0.3 is 4.74 Å². The second-order valence-corrected chi connectivity index (χ2v) is 3.24. The van der Waals surface area contributed by atoms with Crippen LogP contribution in [0.2, 0.25) is 0 Å². The molecular formula is C13H13O. The van der Waals surface area contributed by atoms with Gasteiger partial charge in [-0.3, -0.25) is 0 Å². The first-order valence-corrected chi connectivity index (χ1v) is 4.73. The molecule has 1 heteroatoms. The fourth-order valence-electron chi connectivity index (χ4n) is 1.64. The fraction of sp³-hybridized carbons (Fsp3) is 0.154. The summed E-state index contributed by atoms with van der Waals surface area (Å²) in [4.78, 5) is 0. The lowest BCUT2D eigenvalue weighted by molar-refractivity contribution is 0.272. The van der Waals surface area contributed by atoms with Crippen molar-refractivity contribution < 1.29 is 4.74 Å². The minimum Gasteiger partial charge on any atom is -0.378 e. The Morgan fingerprint density at radius 2 is 1.86 bits per heavy atom. The zero-order chi connectivity index (χ0) is 9.80. The number of benzene rings is 2. The number of methoxy groups -OCH3 is 1. The highest BCUT2D eigenvalue weighted by molar-refractivity contribution is 5.85. The third-order valence-electron chi connectivity index (χ3n) is 2.35. The summed E-state index contributed by atoms with van der Waals surface area (Å²) in [6.07, 6.45) is 0.859. The molecule has 0 heterocycles. The van der Waals surface area contributed by atoms with Gasteiger partial charge in [-0.25, -0.2) is 0 Å². The number of hydrogen-bond acceptors (Lipinski definition) is 1. The highest BCUT2D eigenvalue weighted by atomic mass is 16.5. The molecule has 2 aromatic carbocycles. The summed E-state index contributed by atoms with van der Waals surface area (Å²) in [6, 6.07) is 14.8. The van der Waals surface area contributed by atoms with E-state index in [-0.39, 0.29) is 0 Å². The van der Waals surface area contributed by atoms with Crippen molar-refractivity contribution >= 4 is 10.8 Å². The minimum atomic E-state index is 0.859. The Bertz CT molecular complexity index is 415. The molecule has 0 saturated heterocycles. The first kappa shape index (κ1) is 9.22. The predicted octanol–water partition coefficient (Wildman–Crippen LogP) is 3.19. The molecule has 0 aliphatic heterocycles. The van der Waals surface area contributed by atoms with Crippen molar-refractivity contribution in [2.24, 2.45) is 0 Å². The van der Waals surface area contributed by atoms with Gasteiger partial charge in [0.1, 0.15) is 0 Å². The second-order valence-electron chi connectivity index (χ2n) is 3.24. The smallest absolute Gasteiger partial charge is 0.0876 e. The van der Waals surface area contributed by atoms with Crippen LogP contribution < -0.4 is 0 Å². The molecule has 0 aliphatic carbocycles. The number of hydrogen-bond donors (Lipinski definition) is 0.